The standard InChI is InChI=1S/C22H12F3N3O2S/c23-14-7-8-17-18(11-16(12-26)27-21(17)10-14)13-3-1-4-15(9-13)28-31(29,30)22-19(24)5-2-6-20(22)25/h1-11,28H. The van der Waals surface area contributed by atoms with Gasteiger partial charge in [-0.15, -0.1) is 0 Å². The summed E-state index contributed by atoms with van der Waals surface area (Å²) in [5.74, 6) is -2.96. The van der Waals surface area contributed by atoms with Crippen LogP contribution >= 0.6 is 0 Å². The summed E-state index contributed by atoms with van der Waals surface area (Å²) in [6.07, 6.45) is 0. The summed E-state index contributed by atoms with van der Waals surface area (Å²) < 4.78 is 68.8. The molecule has 0 aliphatic rings. The molecule has 0 amide bonds. The van der Waals surface area contributed by atoms with Crippen molar-refractivity contribution in [1.29, 1.82) is 5.26 Å². The maximum atomic E-state index is 14.0. The molecule has 0 fully saturated rings. The predicted molar refractivity (Wildman–Crippen MR) is 109 cm³/mol. The normalized spacial score (nSPS) is 11.3. The number of rotatable bonds is 4. The van der Waals surface area contributed by atoms with Crippen molar-refractivity contribution in [2.24, 2.45) is 0 Å². The minimum absolute atomic E-state index is 0.0470. The maximum Gasteiger partial charge on any atom is 0.267 e. The molecule has 0 spiro atoms. The second kappa shape index (κ2) is 7.74. The molecule has 5 nitrogen and oxygen atoms in total. The third-order valence-corrected chi connectivity index (χ3v) is 5.93. The summed E-state index contributed by atoms with van der Waals surface area (Å²) >= 11 is 0. The van der Waals surface area contributed by atoms with Gasteiger partial charge in [-0.1, -0.05) is 18.2 Å². The molecular weight excluding hydrogens is 427 g/mol. The van der Waals surface area contributed by atoms with Crippen LogP contribution < -0.4 is 4.72 Å². The zero-order chi connectivity index (χ0) is 22.2. The van der Waals surface area contributed by atoms with Crippen molar-refractivity contribution in [1.82, 2.24) is 4.98 Å². The van der Waals surface area contributed by atoms with E-state index in [1.807, 2.05) is 6.07 Å². The van der Waals surface area contributed by atoms with E-state index in [1.165, 1.54) is 42.5 Å². The molecule has 0 saturated carbocycles. The van der Waals surface area contributed by atoms with Crippen LogP contribution in [0.25, 0.3) is 22.0 Å². The highest BCUT2D eigenvalue weighted by atomic mass is 32.2. The van der Waals surface area contributed by atoms with Crippen molar-refractivity contribution in [3.63, 3.8) is 0 Å². The van der Waals surface area contributed by atoms with E-state index in [-0.39, 0.29) is 16.9 Å². The molecule has 0 radical (unpaired) electrons. The van der Waals surface area contributed by atoms with Crippen LogP contribution in [-0.2, 0) is 10.0 Å². The Morgan fingerprint density at radius 2 is 1.61 bits per heavy atom. The Kier molecular flexibility index (Phi) is 5.09. The predicted octanol–water partition coefficient (Wildman–Crippen LogP) is 4.99. The Labute approximate surface area is 175 Å². The number of halogens is 3. The van der Waals surface area contributed by atoms with Gasteiger partial charge in [0.2, 0.25) is 0 Å². The average molecular weight is 439 g/mol. The highest BCUT2D eigenvalue weighted by Gasteiger charge is 2.24. The van der Waals surface area contributed by atoms with Crippen molar-refractivity contribution in [3.05, 3.63) is 89.9 Å². The maximum absolute atomic E-state index is 14.0. The third-order valence-electron chi connectivity index (χ3n) is 4.50. The number of aromatic nitrogens is 1. The van der Waals surface area contributed by atoms with Crippen molar-refractivity contribution in [2.75, 3.05) is 4.72 Å². The largest absolute Gasteiger partial charge is 0.279 e. The van der Waals surface area contributed by atoms with E-state index in [2.05, 4.69) is 9.71 Å². The van der Waals surface area contributed by atoms with Crippen LogP contribution in [0.15, 0.2) is 71.6 Å². The fraction of sp³-hybridized carbons (Fsp3) is 0. The van der Waals surface area contributed by atoms with Gasteiger partial charge in [-0.05, 0) is 53.6 Å². The van der Waals surface area contributed by atoms with Gasteiger partial charge in [-0.25, -0.2) is 26.6 Å². The van der Waals surface area contributed by atoms with Gasteiger partial charge in [-0.2, -0.15) is 5.26 Å². The number of fused-ring (bicyclic) bond motifs is 1. The lowest BCUT2D eigenvalue weighted by Gasteiger charge is -2.12. The number of hydrogen-bond acceptors (Lipinski definition) is 4. The van der Waals surface area contributed by atoms with Crippen molar-refractivity contribution in [2.45, 2.75) is 4.90 Å². The highest BCUT2D eigenvalue weighted by molar-refractivity contribution is 7.92. The minimum Gasteiger partial charge on any atom is -0.279 e. The van der Waals surface area contributed by atoms with Gasteiger partial charge < -0.3 is 0 Å². The molecule has 4 aromatic rings. The summed E-state index contributed by atoms with van der Waals surface area (Å²) in [5, 5.41) is 9.80. The third kappa shape index (κ3) is 3.93. The van der Waals surface area contributed by atoms with Gasteiger partial charge in [0.05, 0.1) is 5.52 Å². The van der Waals surface area contributed by atoms with E-state index in [9.17, 15) is 26.9 Å². The molecule has 0 aliphatic heterocycles. The first kappa shape index (κ1) is 20.4. The number of pyridine rings is 1. The van der Waals surface area contributed by atoms with Gasteiger partial charge in [0, 0.05) is 17.1 Å². The number of nitrogens with one attached hydrogen (secondary N) is 1. The van der Waals surface area contributed by atoms with Crippen LogP contribution in [0.4, 0.5) is 18.9 Å². The molecule has 154 valence electrons. The van der Waals surface area contributed by atoms with Crippen molar-refractivity contribution >= 4 is 26.6 Å². The number of nitrogens with zero attached hydrogens (tertiary/aromatic N) is 2. The summed E-state index contributed by atoms with van der Waals surface area (Å²) in [4.78, 5) is 3.00. The topological polar surface area (TPSA) is 82.9 Å². The Morgan fingerprint density at radius 3 is 2.32 bits per heavy atom. The van der Waals surface area contributed by atoms with E-state index in [1.54, 1.807) is 6.07 Å². The number of nitriles is 1. The smallest absolute Gasteiger partial charge is 0.267 e. The molecule has 1 heterocycles. The molecule has 9 heteroatoms. The summed E-state index contributed by atoms with van der Waals surface area (Å²) in [6, 6.07) is 16.1. The van der Waals surface area contributed by atoms with E-state index < -0.39 is 32.4 Å². The van der Waals surface area contributed by atoms with Crippen LogP contribution in [0.1, 0.15) is 5.69 Å². The van der Waals surface area contributed by atoms with E-state index in [4.69, 9.17) is 0 Å². The van der Waals surface area contributed by atoms with Gasteiger partial charge in [-0.3, -0.25) is 4.72 Å². The fourth-order valence-electron chi connectivity index (χ4n) is 3.19. The number of sulfonamides is 1. The van der Waals surface area contributed by atoms with E-state index in [0.29, 0.717) is 16.5 Å². The molecule has 31 heavy (non-hydrogen) atoms. The molecular formula is C22H12F3N3O2S. The number of anilines is 1. The first-order chi connectivity index (χ1) is 14.8. The second-order valence-electron chi connectivity index (χ2n) is 6.57. The Morgan fingerprint density at radius 1 is 0.903 bits per heavy atom. The highest BCUT2D eigenvalue weighted by Crippen LogP contribution is 2.31. The first-order valence-electron chi connectivity index (χ1n) is 8.86. The lowest BCUT2D eigenvalue weighted by atomic mass is 10.00. The van der Waals surface area contributed by atoms with Crippen molar-refractivity contribution < 1.29 is 21.6 Å². The lowest BCUT2D eigenvalue weighted by molar-refractivity contribution is 0.521. The Balaban J connectivity index is 1.81. The molecule has 0 aliphatic carbocycles. The summed E-state index contributed by atoms with van der Waals surface area (Å²) in [7, 11) is -4.55. The number of benzene rings is 3. The molecule has 0 saturated heterocycles. The first-order valence-corrected chi connectivity index (χ1v) is 10.3. The monoisotopic (exact) mass is 439 g/mol. The molecule has 1 aromatic heterocycles. The van der Waals surface area contributed by atoms with Crippen LogP contribution in [0.5, 0.6) is 0 Å². The molecule has 4 rings (SSSR count). The van der Waals surface area contributed by atoms with Gasteiger partial charge in [0.25, 0.3) is 10.0 Å². The van der Waals surface area contributed by atoms with E-state index in [0.717, 1.165) is 18.2 Å². The molecule has 0 bridgehead atoms. The van der Waals surface area contributed by atoms with Crippen LogP contribution in [0.2, 0.25) is 0 Å². The number of hydrogen-bond donors (Lipinski definition) is 1. The van der Waals surface area contributed by atoms with Crippen molar-refractivity contribution in [3.8, 4) is 17.2 Å². The molecule has 1 N–H and O–H groups in total. The Bertz CT molecular complexity index is 1460. The summed E-state index contributed by atoms with van der Waals surface area (Å²) in [6.45, 7) is 0. The second-order valence-corrected chi connectivity index (χ2v) is 8.18. The minimum atomic E-state index is -4.55. The zero-order valence-corrected chi connectivity index (χ0v) is 16.4. The van der Waals surface area contributed by atoms with Gasteiger partial charge >= 0.3 is 0 Å². The molecule has 0 atom stereocenters. The Hall–Kier alpha value is -3.90. The van der Waals surface area contributed by atoms with Gasteiger partial charge in [0.1, 0.15) is 29.2 Å². The quantitative estimate of drug-likeness (QED) is 0.486. The van der Waals surface area contributed by atoms with Crippen LogP contribution in [0, 0.1) is 28.8 Å². The summed E-state index contributed by atoms with van der Waals surface area (Å²) in [5.41, 5.74) is 1.36. The van der Waals surface area contributed by atoms with Crippen LogP contribution in [-0.4, -0.2) is 13.4 Å². The van der Waals surface area contributed by atoms with Gasteiger partial charge in [0.15, 0.2) is 4.90 Å². The van der Waals surface area contributed by atoms with Crippen LogP contribution in [0.3, 0.4) is 0 Å². The lowest BCUT2D eigenvalue weighted by Crippen LogP contribution is -2.16. The average Bonchev–Trinajstić information content (AvgIpc) is 2.72. The molecule has 0 unspecified atom stereocenters. The van der Waals surface area contributed by atoms with E-state index >= 15 is 0 Å². The fourth-order valence-corrected chi connectivity index (χ4v) is 4.38. The SMILES string of the molecule is N#Cc1cc(-c2cccc(NS(=O)(=O)c3c(F)cccc3F)c2)c2ccc(F)cc2n1. The molecule has 3 aromatic carbocycles. The zero-order valence-electron chi connectivity index (χ0n) is 15.6.